The lowest BCUT2D eigenvalue weighted by Crippen LogP contribution is -2.42. The van der Waals surface area contributed by atoms with Gasteiger partial charge in [-0.05, 0) is 53.4 Å². The van der Waals surface area contributed by atoms with Gasteiger partial charge < -0.3 is 20.3 Å². The summed E-state index contributed by atoms with van der Waals surface area (Å²) in [6.45, 7) is 6.21. The van der Waals surface area contributed by atoms with Gasteiger partial charge in [0.25, 0.3) is 0 Å². The van der Waals surface area contributed by atoms with Crippen LogP contribution >= 0.6 is 0 Å². The average Bonchev–Trinajstić information content (AvgIpc) is 2.42. The standard InChI is InChI=1S/C14H29N3O2/c1-4-19-13(7-10-17(2)3)11-16-14(18)12-5-8-15-9-6-12/h12-13,15H,4-11H2,1-3H3,(H,16,18). The highest BCUT2D eigenvalue weighted by molar-refractivity contribution is 5.78. The van der Waals surface area contributed by atoms with Crippen molar-refractivity contribution in [2.75, 3.05) is 46.9 Å². The molecule has 1 saturated heterocycles. The van der Waals surface area contributed by atoms with Crippen molar-refractivity contribution in [2.24, 2.45) is 5.92 Å². The topological polar surface area (TPSA) is 53.6 Å². The Kier molecular flexibility index (Phi) is 8.02. The van der Waals surface area contributed by atoms with Crippen LogP contribution in [0.5, 0.6) is 0 Å². The molecule has 1 amide bonds. The smallest absolute Gasteiger partial charge is 0.223 e. The maximum absolute atomic E-state index is 12.0. The fourth-order valence-electron chi connectivity index (χ4n) is 2.33. The Bertz CT molecular complexity index is 253. The second-order valence-electron chi connectivity index (χ2n) is 5.44. The Morgan fingerprint density at radius 1 is 1.42 bits per heavy atom. The third-order valence-electron chi connectivity index (χ3n) is 3.51. The number of rotatable bonds is 8. The molecule has 1 aliphatic rings. The molecule has 0 saturated carbocycles. The lowest BCUT2D eigenvalue weighted by Gasteiger charge is -2.24. The van der Waals surface area contributed by atoms with Gasteiger partial charge in [0.2, 0.25) is 5.91 Å². The minimum Gasteiger partial charge on any atom is -0.377 e. The second kappa shape index (κ2) is 9.28. The zero-order valence-corrected chi connectivity index (χ0v) is 12.6. The van der Waals surface area contributed by atoms with Crippen molar-refractivity contribution in [3.05, 3.63) is 0 Å². The number of carbonyl (C=O) groups is 1. The number of nitrogens with one attached hydrogen (secondary N) is 2. The number of nitrogens with zero attached hydrogens (tertiary/aromatic N) is 1. The quantitative estimate of drug-likeness (QED) is 0.673. The van der Waals surface area contributed by atoms with E-state index in [0.29, 0.717) is 13.2 Å². The van der Waals surface area contributed by atoms with E-state index >= 15 is 0 Å². The summed E-state index contributed by atoms with van der Waals surface area (Å²) in [5.74, 6) is 0.369. The van der Waals surface area contributed by atoms with Crippen LogP contribution in [0.3, 0.4) is 0 Å². The van der Waals surface area contributed by atoms with Crippen molar-refractivity contribution >= 4 is 5.91 Å². The zero-order chi connectivity index (χ0) is 14.1. The molecular weight excluding hydrogens is 242 g/mol. The van der Waals surface area contributed by atoms with E-state index in [1.165, 1.54) is 0 Å². The minimum absolute atomic E-state index is 0.123. The Morgan fingerprint density at radius 3 is 2.68 bits per heavy atom. The first kappa shape index (κ1) is 16.4. The molecule has 0 aromatic carbocycles. The summed E-state index contributed by atoms with van der Waals surface area (Å²) in [7, 11) is 4.10. The molecule has 1 unspecified atom stereocenters. The number of carbonyl (C=O) groups excluding carboxylic acids is 1. The Balaban J connectivity index is 2.26. The van der Waals surface area contributed by atoms with E-state index in [2.05, 4.69) is 29.6 Å². The van der Waals surface area contributed by atoms with E-state index in [-0.39, 0.29) is 17.9 Å². The number of ether oxygens (including phenoxy) is 1. The van der Waals surface area contributed by atoms with E-state index in [0.717, 1.165) is 38.9 Å². The first-order chi connectivity index (χ1) is 9.13. The number of hydrogen-bond acceptors (Lipinski definition) is 4. The predicted molar refractivity (Wildman–Crippen MR) is 77.2 cm³/mol. The van der Waals surface area contributed by atoms with Gasteiger partial charge in [-0.3, -0.25) is 4.79 Å². The number of piperidine rings is 1. The lowest BCUT2D eigenvalue weighted by molar-refractivity contribution is -0.126. The number of hydrogen-bond donors (Lipinski definition) is 2. The van der Waals surface area contributed by atoms with E-state index in [1.807, 2.05) is 6.92 Å². The van der Waals surface area contributed by atoms with Gasteiger partial charge in [-0.25, -0.2) is 0 Å². The van der Waals surface area contributed by atoms with E-state index in [4.69, 9.17) is 4.74 Å². The van der Waals surface area contributed by atoms with Crippen LogP contribution in [0.1, 0.15) is 26.2 Å². The molecule has 1 rings (SSSR count). The monoisotopic (exact) mass is 271 g/mol. The van der Waals surface area contributed by atoms with Crippen LogP contribution in [0.2, 0.25) is 0 Å². The molecule has 112 valence electrons. The molecule has 2 N–H and O–H groups in total. The Morgan fingerprint density at radius 2 is 2.11 bits per heavy atom. The van der Waals surface area contributed by atoms with Crippen molar-refractivity contribution in [3.8, 4) is 0 Å². The van der Waals surface area contributed by atoms with Gasteiger partial charge in [-0.1, -0.05) is 0 Å². The van der Waals surface area contributed by atoms with Crippen molar-refractivity contribution in [2.45, 2.75) is 32.3 Å². The van der Waals surface area contributed by atoms with Crippen molar-refractivity contribution in [3.63, 3.8) is 0 Å². The molecule has 1 heterocycles. The van der Waals surface area contributed by atoms with Gasteiger partial charge in [-0.15, -0.1) is 0 Å². The maximum atomic E-state index is 12.0. The molecule has 19 heavy (non-hydrogen) atoms. The highest BCUT2D eigenvalue weighted by atomic mass is 16.5. The van der Waals surface area contributed by atoms with E-state index in [9.17, 15) is 4.79 Å². The highest BCUT2D eigenvalue weighted by Gasteiger charge is 2.21. The van der Waals surface area contributed by atoms with E-state index < -0.39 is 0 Å². The molecule has 0 aliphatic carbocycles. The maximum Gasteiger partial charge on any atom is 0.223 e. The van der Waals surface area contributed by atoms with Gasteiger partial charge >= 0.3 is 0 Å². The normalized spacial score (nSPS) is 18.5. The van der Waals surface area contributed by atoms with Crippen LogP contribution < -0.4 is 10.6 Å². The van der Waals surface area contributed by atoms with Crippen LogP contribution in [-0.4, -0.2) is 63.8 Å². The van der Waals surface area contributed by atoms with Crippen LogP contribution in [0.4, 0.5) is 0 Å². The van der Waals surface area contributed by atoms with Crippen LogP contribution in [-0.2, 0) is 9.53 Å². The van der Waals surface area contributed by atoms with Gasteiger partial charge in [0.05, 0.1) is 6.10 Å². The van der Waals surface area contributed by atoms with Crippen molar-refractivity contribution in [1.82, 2.24) is 15.5 Å². The molecular formula is C14H29N3O2. The van der Waals surface area contributed by atoms with Crippen molar-refractivity contribution in [1.29, 1.82) is 0 Å². The van der Waals surface area contributed by atoms with Crippen LogP contribution in [0.15, 0.2) is 0 Å². The molecule has 0 bridgehead atoms. The summed E-state index contributed by atoms with van der Waals surface area (Å²) in [5.41, 5.74) is 0. The predicted octanol–water partition coefficient (Wildman–Crippen LogP) is 0.459. The lowest BCUT2D eigenvalue weighted by atomic mass is 9.97. The van der Waals surface area contributed by atoms with E-state index in [1.54, 1.807) is 0 Å². The molecule has 5 heteroatoms. The van der Waals surface area contributed by atoms with Crippen molar-refractivity contribution < 1.29 is 9.53 Å². The zero-order valence-electron chi connectivity index (χ0n) is 12.6. The number of amides is 1. The SMILES string of the molecule is CCOC(CCN(C)C)CNC(=O)C1CCNCC1. The molecule has 1 atom stereocenters. The van der Waals surface area contributed by atoms with Gasteiger partial charge in [0.1, 0.15) is 0 Å². The summed E-state index contributed by atoms with van der Waals surface area (Å²) >= 11 is 0. The summed E-state index contributed by atoms with van der Waals surface area (Å²) in [6.07, 6.45) is 2.97. The summed E-state index contributed by atoms with van der Waals surface area (Å²) in [5, 5.41) is 6.33. The minimum atomic E-state index is 0.123. The molecule has 1 fully saturated rings. The summed E-state index contributed by atoms with van der Waals surface area (Å²) in [4.78, 5) is 14.2. The molecule has 1 aliphatic heterocycles. The average molecular weight is 271 g/mol. The summed E-state index contributed by atoms with van der Waals surface area (Å²) < 4.78 is 5.68. The molecule has 0 radical (unpaired) electrons. The first-order valence-corrected chi connectivity index (χ1v) is 7.38. The second-order valence-corrected chi connectivity index (χ2v) is 5.44. The Hall–Kier alpha value is -0.650. The van der Waals surface area contributed by atoms with Gasteiger partial charge in [0.15, 0.2) is 0 Å². The highest BCUT2D eigenvalue weighted by Crippen LogP contribution is 2.11. The first-order valence-electron chi connectivity index (χ1n) is 7.38. The molecule has 0 aromatic rings. The fraction of sp³-hybridized carbons (Fsp3) is 0.929. The Labute approximate surface area is 117 Å². The molecule has 5 nitrogen and oxygen atoms in total. The molecule has 0 aromatic heterocycles. The largest absolute Gasteiger partial charge is 0.377 e. The third kappa shape index (κ3) is 6.89. The molecule has 0 spiro atoms. The summed E-state index contributed by atoms with van der Waals surface area (Å²) in [6, 6.07) is 0. The van der Waals surface area contributed by atoms with Gasteiger partial charge in [0, 0.05) is 25.6 Å². The third-order valence-corrected chi connectivity index (χ3v) is 3.51. The van der Waals surface area contributed by atoms with Gasteiger partial charge in [-0.2, -0.15) is 0 Å². The fourth-order valence-corrected chi connectivity index (χ4v) is 2.33. The van der Waals surface area contributed by atoms with Crippen LogP contribution in [0.25, 0.3) is 0 Å². The van der Waals surface area contributed by atoms with Crippen LogP contribution in [0, 0.1) is 5.92 Å².